The molecular weight excluding hydrogens is 426 g/mol. The Kier molecular flexibility index (Phi) is 6.25. The van der Waals surface area contributed by atoms with Crippen molar-refractivity contribution >= 4 is 12.0 Å². The van der Waals surface area contributed by atoms with Gasteiger partial charge >= 0.3 is 5.97 Å². The molecule has 1 N–H and O–H groups in total. The van der Waals surface area contributed by atoms with E-state index in [0.29, 0.717) is 17.2 Å². The smallest absolute Gasteiger partial charge is 0.345 e. The number of hydrogen-bond acceptors (Lipinski definition) is 4. The number of carboxylic acid groups (broad SMARTS) is 1. The van der Waals surface area contributed by atoms with E-state index in [1.165, 1.54) is 0 Å². The average Bonchev–Trinajstić information content (AvgIpc) is 3.33. The van der Waals surface area contributed by atoms with Crippen LogP contribution in [0.3, 0.4) is 0 Å². The predicted octanol–water partition coefficient (Wildman–Crippen LogP) is 5.89. The van der Waals surface area contributed by atoms with Crippen LogP contribution in [0.2, 0.25) is 0 Å². The van der Waals surface area contributed by atoms with Crippen LogP contribution in [0, 0.1) is 0 Å². The Hall–Kier alpha value is -4.12. The van der Waals surface area contributed by atoms with Gasteiger partial charge in [0.2, 0.25) is 6.10 Å². The first-order valence-electron chi connectivity index (χ1n) is 11.4. The quantitative estimate of drug-likeness (QED) is 0.362. The second kappa shape index (κ2) is 9.79. The van der Waals surface area contributed by atoms with Crippen molar-refractivity contribution in [2.24, 2.45) is 0 Å². The number of carbonyl (C=O) groups is 1. The molecule has 0 amide bonds. The highest BCUT2D eigenvalue weighted by atomic mass is 16.5. The molecule has 1 heterocycles. The Bertz CT molecular complexity index is 1250. The minimum Gasteiger partial charge on any atom is -0.478 e. The van der Waals surface area contributed by atoms with E-state index in [-0.39, 0.29) is 12.3 Å². The summed E-state index contributed by atoms with van der Waals surface area (Å²) >= 11 is 0. The largest absolute Gasteiger partial charge is 0.478 e. The second-order valence-corrected chi connectivity index (χ2v) is 8.39. The zero-order valence-electron chi connectivity index (χ0n) is 18.6. The van der Waals surface area contributed by atoms with E-state index in [9.17, 15) is 9.90 Å². The Labute approximate surface area is 198 Å². The first-order chi connectivity index (χ1) is 16.7. The first-order valence-corrected chi connectivity index (χ1v) is 11.4. The lowest BCUT2D eigenvalue weighted by Crippen LogP contribution is -2.30. The van der Waals surface area contributed by atoms with Crippen LogP contribution in [0.25, 0.3) is 6.08 Å². The number of allylic oxidation sites excluding steroid dienone is 1. The molecule has 3 aromatic carbocycles. The molecular formula is C29H25NO4. The van der Waals surface area contributed by atoms with E-state index in [1.54, 1.807) is 0 Å². The third-order valence-corrected chi connectivity index (χ3v) is 6.09. The molecule has 5 heteroatoms. The van der Waals surface area contributed by atoms with E-state index in [0.717, 1.165) is 35.1 Å². The molecule has 1 atom stereocenters. The predicted molar refractivity (Wildman–Crippen MR) is 130 cm³/mol. The summed E-state index contributed by atoms with van der Waals surface area (Å²) in [6, 6.07) is 27.7. The number of benzene rings is 3. The number of aromatic nitrogens is 1. The summed E-state index contributed by atoms with van der Waals surface area (Å²) in [6.07, 6.45) is 4.96. The van der Waals surface area contributed by atoms with Crippen LogP contribution < -0.4 is 4.74 Å². The Balaban J connectivity index is 1.41. The Morgan fingerprint density at radius 1 is 0.971 bits per heavy atom. The zero-order chi connectivity index (χ0) is 23.3. The molecule has 0 saturated carbocycles. The lowest BCUT2D eigenvalue weighted by Gasteiger charge is -2.19. The Morgan fingerprint density at radius 3 is 2.35 bits per heavy atom. The summed E-state index contributed by atoms with van der Waals surface area (Å²) in [5, 5.41) is 14.1. The number of ether oxygens (including phenoxy) is 1. The third-order valence-electron chi connectivity index (χ3n) is 6.09. The summed E-state index contributed by atoms with van der Waals surface area (Å²) in [7, 11) is 0. The van der Waals surface area contributed by atoms with Crippen molar-refractivity contribution in [1.29, 1.82) is 0 Å². The molecule has 34 heavy (non-hydrogen) atoms. The Morgan fingerprint density at radius 2 is 1.68 bits per heavy atom. The van der Waals surface area contributed by atoms with Crippen LogP contribution in [-0.4, -0.2) is 22.3 Å². The van der Waals surface area contributed by atoms with Gasteiger partial charge in [0.1, 0.15) is 11.5 Å². The van der Waals surface area contributed by atoms with Crippen LogP contribution in [0.5, 0.6) is 5.75 Å². The number of rotatable bonds is 8. The van der Waals surface area contributed by atoms with E-state index in [2.05, 4.69) is 41.6 Å². The fourth-order valence-electron chi connectivity index (χ4n) is 4.45. The molecule has 5 nitrogen and oxygen atoms in total. The van der Waals surface area contributed by atoms with E-state index >= 15 is 0 Å². The van der Waals surface area contributed by atoms with Gasteiger partial charge in [-0.05, 0) is 35.6 Å². The van der Waals surface area contributed by atoms with Gasteiger partial charge in [-0.2, -0.15) is 0 Å². The van der Waals surface area contributed by atoms with Crippen molar-refractivity contribution in [3.05, 3.63) is 125 Å². The molecule has 170 valence electrons. The summed E-state index contributed by atoms with van der Waals surface area (Å²) < 4.78 is 11.8. The summed E-state index contributed by atoms with van der Waals surface area (Å²) in [6.45, 7) is 0. The molecule has 1 aliphatic rings. The van der Waals surface area contributed by atoms with Crippen LogP contribution in [0.4, 0.5) is 0 Å². The maximum Gasteiger partial charge on any atom is 0.345 e. The fourth-order valence-corrected chi connectivity index (χ4v) is 4.45. The number of aliphatic carboxylic acids is 1. The maximum absolute atomic E-state index is 12.1. The van der Waals surface area contributed by atoms with Crippen molar-refractivity contribution < 1.29 is 19.2 Å². The summed E-state index contributed by atoms with van der Waals surface area (Å²) in [4.78, 5) is 12.1. The maximum atomic E-state index is 12.1. The average molecular weight is 452 g/mol. The van der Waals surface area contributed by atoms with E-state index < -0.39 is 12.1 Å². The van der Waals surface area contributed by atoms with Crippen molar-refractivity contribution in [2.45, 2.75) is 31.3 Å². The zero-order valence-corrected chi connectivity index (χ0v) is 18.6. The molecule has 0 radical (unpaired) electrons. The van der Waals surface area contributed by atoms with Crippen LogP contribution in [-0.2, 0) is 17.6 Å². The van der Waals surface area contributed by atoms with Crippen molar-refractivity contribution in [3.63, 3.8) is 0 Å². The SMILES string of the molecule is O=C(O)C(Cc1cc(C(c2ccccc2)c2ccccc2)on1)Oc1cccc2c1CCC=C2. The normalized spacial score (nSPS) is 13.4. The van der Waals surface area contributed by atoms with Crippen molar-refractivity contribution in [3.8, 4) is 5.75 Å². The number of nitrogens with zero attached hydrogens (tertiary/aromatic N) is 1. The lowest BCUT2D eigenvalue weighted by atomic mass is 9.89. The number of fused-ring (bicyclic) bond motifs is 1. The molecule has 0 aliphatic heterocycles. The van der Waals surface area contributed by atoms with Gasteiger partial charge in [-0.15, -0.1) is 0 Å². The standard InChI is InChI=1S/C29H25NO4/c31-29(32)27(33-25-17-9-15-20-10-7-8-16-24(20)25)19-23-18-26(34-30-23)28(21-11-3-1-4-12-21)22-13-5-2-6-14-22/h1-7,9-15,17-18,27-28H,8,16,19H2,(H,31,32). The van der Waals surface area contributed by atoms with Gasteiger partial charge in [-0.1, -0.05) is 90.1 Å². The molecule has 0 spiro atoms. The summed E-state index contributed by atoms with van der Waals surface area (Å²) in [5.74, 6) is 0.111. The minimum atomic E-state index is -1.07. The summed E-state index contributed by atoms with van der Waals surface area (Å²) in [5.41, 5.74) is 4.82. The topological polar surface area (TPSA) is 72.6 Å². The molecule has 1 aliphatic carbocycles. The van der Waals surface area contributed by atoms with Crippen molar-refractivity contribution in [2.75, 3.05) is 0 Å². The minimum absolute atomic E-state index is 0.106. The van der Waals surface area contributed by atoms with Gasteiger partial charge in [0, 0.05) is 18.1 Å². The molecule has 1 unspecified atom stereocenters. The van der Waals surface area contributed by atoms with E-state index in [1.807, 2.05) is 60.7 Å². The van der Waals surface area contributed by atoms with Gasteiger partial charge < -0.3 is 14.4 Å². The van der Waals surface area contributed by atoms with E-state index in [4.69, 9.17) is 9.26 Å². The number of hydrogen-bond donors (Lipinski definition) is 1. The number of carboxylic acids is 1. The van der Waals surface area contributed by atoms with Crippen LogP contribution in [0.15, 0.2) is 95.5 Å². The molecule has 0 bridgehead atoms. The highest BCUT2D eigenvalue weighted by Crippen LogP contribution is 2.33. The lowest BCUT2D eigenvalue weighted by molar-refractivity contribution is -0.145. The molecule has 0 saturated heterocycles. The van der Waals surface area contributed by atoms with Crippen molar-refractivity contribution in [1.82, 2.24) is 5.16 Å². The molecule has 5 rings (SSSR count). The second-order valence-electron chi connectivity index (χ2n) is 8.39. The molecule has 0 fully saturated rings. The van der Waals surface area contributed by atoms with Gasteiger partial charge in [0.25, 0.3) is 0 Å². The van der Waals surface area contributed by atoms with Gasteiger partial charge in [-0.25, -0.2) is 4.79 Å². The first kappa shape index (κ1) is 21.7. The van der Waals surface area contributed by atoms with Gasteiger partial charge in [0.15, 0.2) is 0 Å². The van der Waals surface area contributed by atoms with Crippen LogP contribution in [0.1, 0.15) is 46.0 Å². The fraction of sp³-hybridized carbons (Fsp3) is 0.172. The highest BCUT2D eigenvalue weighted by Gasteiger charge is 2.26. The molecule has 1 aromatic heterocycles. The monoisotopic (exact) mass is 451 g/mol. The third kappa shape index (κ3) is 4.64. The molecule has 4 aromatic rings. The van der Waals surface area contributed by atoms with Gasteiger partial charge in [-0.3, -0.25) is 0 Å². The van der Waals surface area contributed by atoms with Gasteiger partial charge in [0.05, 0.1) is 11.6 Å². The van der Waals surface area contributed by atoms with Crippen LogP contribution >= 0.6 is 0 Å². The highest BCUT2D eigenvalue weighted by molar-refractivity contribution is 5.73.